The molecule has 9 nitrogen and oxygen atoms in total. The first-order chi connectivity index (χ1) is 10.1. The fourth-order valence-corrected chi connectivity index (χ4v) is 2.31. The van der Waals surface area contributed by atoms with E-state index in [1.807, 2.05) is 0 Å². The molecule has 3 heterocycles. The smallest absolute Gasteiger partial charge is 0.222 e. The number of fused-ring (bicyclic) bond motifs is 1. The lowest BCUT2D eigenvalue weighted by Crippen LogP contribution is -2.24. The Balaban J connectivity index is 1.93. The lowest BCUT2D eigenvalue weighted by Gasteiger charge is -2.11. The molecule has 1 amide bonds. The van der Waals surface area contributed by atoms with Crippen molar-refractivity contribution < 1.29 is 19.7 Å². The molecule has 0 spiro atoms. The third kappa shape index (κ3) is 2.58. The fourth-order valence-electron chi connectivity index (χ4n) is 2.31. The van der Waals surface area contributed by atoms with E-state index in [-0.39, 0.29) is 12.5 Å². The Morgan fingerprint density at radius 2 is 2.38 bits per heavy atom. The molecule has 1 aliphatic heterocycles. The molecular formula is C12H15N5O4. The van der Waals surface area contributed by atoms with Crippen LogP contribution in [0.25, 0.3) is 11.0 Å². The van der Waals surface area contributed by atoms with Crippen LogP contribution in [0.1, 0.15) is 19.6 Å². The van der Waals surface area contributed by atoms with E-state index in [1.54, 1.807) is 6.20 Å². The van der Waals surface area contributed by atoms with Crippen LogP contribution < -0.4 is 5.32 Å². The Morgan fingerprint density at radius 3 is 3.05 bits per heavy atom. The lowest BCUT2D eigenvalue weighted by molar-refractivity contribution is -0.114. The number of nitrogens with one attached hydrogen (secondary N) is 1. The van der Waals surface area contributed by atoms with E-state index in [0.29, 0.717) is 23.3 Å². The number of carbonyl (C=O) groups excluding carboxylic acids is 1. The number of aromatic nitrogens is 4. The summed E-state index contributed by atoms with van der Waals surface area (Å²) >= 11 is 0. The average molecular weight is 293 g/mol. The second-order valence-electron chi connectivity index (χ2n) is 4.86. The maximum atomic E-state index is 11.2. The molecule has 0 aromatic carbocycles. The maximum absolute atomic E-state index is 11.2. The second kappa shape index (κ2) is 5.35. The molecule has 9 heteroatoms. The number of rotatable bonds is 3. The quantitative estimate of drug-likeness (QED) is 0.692. The van der Waals surface area contributed by atoms with Gasteiger partial charge in [0.2, 0.25) is 5.91 Å². The van der Waals surface area contributed by atoms with Crippen LogP contribution in [0.15, 0.2) is 12.5 Å². The number of ether oxygens (including phenoxy) is 1. The van der Waals surface area contributed by atoms with Crippen LogP contribution in [0.2, 0.25) is 0 Å². The van der Waals surface area contributed by atoms with Gasteiger partial charge in [0.15, 0.2) is 11.9 Å². The molecule has 0 aliphatic carbocycles. The number of aliphatic hydroxyl groups excluding tert-OH is 2. The summed E-state index contributed by atoms with van der Waals surface area (Å²) in [5.41, 5.74) is 0.416. The summed E-state index contributed by atoms with van der Waals surface area (Å²) in [4.78, 5) is 19.2. The molecule has 2 aromatic rings. The lowest BCUT2D eigenvalue weighted by atomic mass is 10.2. The van der Waals surface area contributed by atoms with E-state index >= 15 is 0 Å². The zero-order valence-corrected chi connectivity index (χ0v) is 11.3. The molecule has 1 fully saturated rings. The zero-order chi connectivity index (χ0) is 15.0. The molecule has 0 unspecified atom stereocenters. The number of hydrogen-bond acceptors (Lipinski definition) is 7. The minimum Gasteiger partial charge on any atom is -0.394 e. The Bertz CT molecular complexity index is 673. The number of nitrogens with zero attached hydrogens (tertiary/aromatic N) is 4. The van der Waals surface area contributed by atoms with Crippen molar-refractivity contribution in [1.82, 2.24) is 19.7 Å². The summed E-state index contributed by atoms with van der Waals surface area (Å²) < 4.78 is 7.04. The molecule has 0 radical (unpaired) electrons. The van der Waals surface area contributed by atoms with Gasteiger partial charge in [0.25, 0.3) is 0 Å². The number of amides is 1. The Labute approximate surface area is 119 Å². The van der Waals surface area contributed by atoms with Crippen molar-refractivity contribution in [1.29, 1.82) is 0 Å². The van der Waals surface area contributed by atoms with E-state index in [9.17, 15) is 9.90 Å². The van der Waals surface area contributed by atoms with E-state index in [1.165, 1.54) is 17.9 Å². The van der Waals surface area contributed by atoms with Crippen molar-refractivity contribution in [3.63, 3.8) is 0 Å². The Morgan fingerprint density at radius 1 is 1.57 bits per heavy atom. The summed E-state index contributed by atoms with van der Waals surface area (Å²) in [7, 11) is 0. The summed E-state index contributed by atoms with van der Waals surface area (Å²) in [5, 5.41) is 26.3. The highest BCUT2D eigenvalue weighted by molar-refractivity contribution is 5.96. The second-order valence-corrected chi connectivity index (χ2v) is 4.86. The minimum absolute atomic E-state index is 0.240. The van der Waals surface area contributed by atoms with Crippen molar-refractivity contribution in [2.24, 2.45) is 0 Å². The van der Waals surface area contributed by atoms with Crippen molar-refractivity contribution >= 4 is 22.8 Å². The van der Waals surface area contributed by atoms with Crippen LogP contribution in [-0.4, -0.2) is 54.7 Å². The van der Waals surface area contributed by atoms with E-state index in [4.69, 9.17) is 9.84 Å². The van der Waals surface area contributed by atoms with Gasteiger partial charge in [0.1, 0.15) is 18.2 Å². The van der Waals surface area contributed by atoms with Crippen LogP contribution in [-0.2, 0) is 9.53 Å². The van der Waals surface area contributed by atoms with Gasteiger partial charge >= 0.3 is 0 Å². The zero-order valence-electron chi connectivity index (χ0n) is 11.3. The maximum Gasteiger partial charge on any atom is 0.222 e. The third-order valence-corrected chi connectivity index (χ3v) is 3.31. The fraction of sp³-hybridized carbons (Fsp3) is 0.500. The summed E-state index contributed by atoms with van der Waals surface area (Å²) in [5.74, 6) is 0.131. The highest BCUT2D eigenvalue weighted by Gasteiger charge is 2.35. The van der Waals surface area contributed by atoms with Gasteiger partial charge in [-0.2, -0.15) is 0 Å². The highest BCUT2D eigenvalue weighted by atomic mass is 16.5. The standard InChI is InChI=1S/C12H15N5O4/c1-6(19)15-11-7-3-17(16-12(7)14-5-13-11)10-2-8(20)9(4-18)21-10/h3,5,8-10,18,20H,2,4H2,1H3,(H,13,14,15,16,19)/t8-,9+,10+/m0/s1. The molecule has 21 heavy (non-hydrogen) atoms. The normalized spacial score (nSPS) is 25.4. The molecule has 3 rings (SSSR count). The topological polar surface area (TPSA) is 122 Å². The summed E-state index contributed by atoms with van der Waals surface area (Å²) in [6, 6.07) is 0. The van der Waals surface area contributed by atoms with Crippen molar-refractivity contribution in [3.05, 3.63) is 12.5 Å². The average Bonchev–Trinajstić information content (AvgIpc) is 3.01. The van der Waals surface area contributed by atoms with Crippen LogP contribution in [0.3, 0.4) is 0 Å². The van der Waals surface area contributed by atoms with Gasteiger partial charge in [0.05, 0.1) is 18.1 Å². The number of hydrogen-bond donors (Lipinski definition) is 3. The van der Waals surface area contributed by atoms with Crippen LogP contribution in [0.5, 0.6) is 0 Å². The van der Waals surface area contributed by atoms with Gasteiger partial charge in [-0.25, -0.2) is 14.6 Å². The van der Waals surface area contributed by atoms with Crippen molar-refractivity contribution in [2.45, 2.75) is 31.8 Å². The third-order valence-electron chi connectivity index (χ3n) is 3.31. The highest BCUT2D eigenvalue weighted by Crippen LogP contribution is 2.30. The molecule has 3 atom stereocenters. The van der Waals surface area contributed by atoms with Crippen molar-refractivity contribution in [3.8, 4) is 0 Å². The van der Waals surface area contributed by atoms with Crippen molar-refractivity contribution in [2.75, 3.05) is 11.9 Å². The van der Waals surface area contributed by atoms with E-state index < -0.39 is 18.4 Å². The molecule has 1 saturated heterocycles. The van der Waals surface area contributed by atoms with E-state index in [2.05, 4.69) is 20.4 Å². The molecule has 112 valence electrons. The van der Waals surface area contributed by atoms with Gasteiger partial charge < -0.3 is 20.3 Å². The molecule has 0 bridgehead atoms. The van der Waals surface area contributed by atoms with Gasteiger partial charge in [-0.05, 0) is 0 Å². The van der Waals surface area contributed by atoms with Gasteiger partial charge in [0, 0.05) is 19.5 Å². The number of anilines is 1. The largest absolute Gasteiger partial charge is 0.394 e. The Hall–Kier alpha value is -2.10. The number of carbonyl (C=O) groups is 1. The summed E-state index contributed by atoms with van der Waals surface area (Å²) in [6.45, 7) is 1.13. The predicted octanol–water partition coefficient (Wildman–Crippen LogP) is -0.575. The molecule has 0 saturated carbocycles. The van der Waals surface area contributed by atoms with Gasteiger partial charge in [-0.15, -0.1) is 5.10 Å². The minimum atomic E-state index is -0.742. The first kappa shape index (κ1) is 13.9. The molecular weight excluding hydrogens is 278 g/mol. The molecule has 1 aliphatic rings. The summed E-state index contributed by atoms with van der Waals surface area (Å²) in [6.07, 6.45) is 1.43. The number of aliphatic hydroxyl groups is 2. The SMILES string of the molecule is CC(=O)Nc1ncnc2nn([C@H]3C[C@H](O)[C@@H](CO)O3)cc12. The first-order valence-electron chi connectivity index (χ1n) is 6.50. The van der Waals surface area contributed by atoms with E-state index in [0.717, 1.165) is 0 Å². The predicted molar refractivity (Wildman–Crippen MR) is 71.2 cm³/mol. The monoisotopic (exact) mass is 293 g/mol. The first-order valence-corrected chi connectivity index (χ1v) is 6.50. The molecule has 3 N–H and O–H groups in total. The van der Waals surface area contributed by atoms with Crippen LogP contribution in [0, 0.1) is 0 Å². The van der Waals surface area contributed by atoms with Gasteiger partial charge in [-0.3, -0.25) is 4.79 Å². The van der Waals surface area contributed by atoms with Crippen LogP contribution in [0.4, 0.5) is 5.82 Å². The molecule has 2 aromatic heterocycles. The Kier molecular flexibility index (Phi) is 3.53. The van der Waals surface area contributed by atoms with Gasteiger partial charge in [-0.1, -0.05) is 0 Å². The van der Waals surface area contributed by atoms with Crippen LogP contribution >= 0.6 is 0 Å².